The zero-order valence-corrected chi connectivity index (χ0v) is 31.8. The summed E-state index contributed by atoms with van der Waals surface area (Å²) in [5.74, 6) is -2.81. The van der Waals surface area contributed by atoms with Gasteiger partial charge in [-0.05, 0) is 60.7 Å². The number of nitrogens with one attached hydrogen (secondary N) is 1. The van der Waals surface area contributed by atoms with E-state index in [4.69, 9.17) is 4.74 Å². The fraction of sp³-hybridized carbons (Fsp3) is 0.0800. The predicted molar refractivity (Wildman–Crippen MR) is 144 cm³/mol. The number of ether oxygens (including phenoxy) is 2. The van der Waals surface area contributed by atoms with E-state index in [2.05, 4.69) is 14.9 Å². The number of allylic oxidation sites excluding steroid dienone is 2. The van der Waals surface area contributed by atoms with Gasteiger partial charge < -0.3 is 18.6 Å². The number of amides is 1. The van der Waals surface area contributed by atoms with E-state index in [1.54, 1.807) is 0 Å². The van der Waals surface area contributed by atoms with Crippen LogP contribution >= 0.6 is 0 Å². The SMILES string of the molecule is COC(=O)C1=NN(c2ccc(S(=O)(=O)[O-])cc2)C(=O)C1=CC=Cc1c(C(=O)OC)[nH]n(-c2ccc(S(=O)(=O)[O-])cc2)c1=O.[K+].[K+]. The minimum Gasteiger partial charge on any atom is -0.744 e. The molecule has 1 aromatic heterocycles. The van der Waals surface area contributed by atoms with Crippen LogP contribution in [0.1, 0.15) is 16.1 Å². The van der Waals surface area contributed by atoms with Crippen LogP contribution in [0.25, 0.3) is 11.8 Å². The zero-order chi connectivity index (χ0) is 31.7. The van der Waals surface area contributed by atoms with Crippen LogP contribution < -0.4 is 113 Å². The molecule has 0 bridgehead atoms. The number of nitrogens with zero attached hydrogens (tertiary/aromatic N) is 3. The molecule has 2 heterocycles. The van der Waals surface area contributed by atoms with Gasteiger partial charge in [-0.3, -0.25) is 14.7 Å². The molecule has 0 radical (unpaired) electrons. The Morgan fingerprint density at radius 1 is 0.822 bits per heavy atom. The summed E-state index contributed by atoms with van der Waals surface area (Å²) in [6.07, 6.45) is 3.40. The van der Waals surface area contributed by atoms with E-state index in [9.17, 15) is 45.1 Å². The van der Waals surface area contributed by atoms with Gasteiger partial charge in [0, 0.05) is 0 Å². The van der Waals surface area contributed by atoms with E-state index in [1.165, 1.54) is 0 Å². The quantitative estimate of drug-likeness (QED) is 0.0998. The predicted octanol–water partition coefficient (Wildman–Crippen LogP) is -5.72. The maximum atomic E-state index is 13.2. The summed E-state index contributed by atoms with van der Waals surface area (Å²) in [7, 11) is -7.40. The molecule has 20 heteroatoms. The summed E-state index contributed by atoms with van der Waals surface area (Å²) >= 11 is 0. The number of rotatable bonds is 8. The molecule has 1 amide bonds. The molecule has 0 saturated carbocycles. The smallest absolute Gasteiger partial charge is 0.744 e. The van der Waals surface area contributed by atoms with Crippen LogP contribution in [0.2, 0.25) is 0 Å². The summed E-state index contributed by atoms with van der Waals surface area (Å²) in [6, 6.07) is 8.43. The van der Waals surface area contributed by atoms with Crippen LogP contribution in [0, 0.1) is 0 Å². The first-order chi connectivity index (χ1) is 20.2. The topological polar surface area (TPSA) is 237 Å². The second-order valence-electron chi connectivity index (χ2n) is 8.43. The van der Waals surface area contributed by atoms with Gasteiger partial charge in [0.05, 0.1) is 46.5 Å². The number of esters is 2. The van der Waals surface area contributed by atoms with Crippen LogP contribution in [0.5, 0.6) is 0 Å². The Morgan fingerprint density at radius 3 is 1.78 bits per heavy atom. The van der Waals surface area contributed by atoms with E-state index in [0.29, 0.717) is 0 Å². The second-order valence-corrected chi connectivity index (χ2v) is 11.2. The minimum absolute atomic E-state index is 0. The zero-order valence-electron chi connectivity index (χ0n) is 23.9. The largest absolute Gasteiger partial charge is 1.00 e. The molecule has 0 spiro atoms. The molecule has 0 saturated heterocycles. The van der Waals surface area contributed by atoms with Crippen molar-refractivity contribution in [3.63, 3.8) is 0 Å². The number of aromatic nitrogens is 2. The fourth-order valence-corrected chi connectivity index (χ4v) is 4.73. The van der Waals surface area contributed by atoms with Gasteiger partial charge in [-0.2, -0.15) is 10.1 Å². The molecule has 0 aliphatic carbocycles. The first kappa shape index (κ1) is 39.3. The van der Waals surface area contributed by atoms with Crippen LogP contribution in [-0.4, -0.2) is 73.5 Å². The Hall–Kier alpha value is -1.90. The van der Waals surface area contributed by atoms with Gasteiger partial charge in [-0.25, -0.2) is 31.1 Å². The van der Waals surface area contributed by atoms with Crippen molar-refractivity contribution in [1.82, 2.24) is 9.78 Å². The third kappa shape index (κ3) is 8.72. The average molecular weight is 709 g/mol. The molecule has 0 atom stereocenters. The van der Waals surface area contributed by atoms with Crippen molar-refractivity contribution in [1.29, 1.82) is 0 Å². The van der Waals surface area contributed by atoms with E-state index < -0.39 is 59.1 Å². The van der Waals surface area contributed by atoms with Crippen molar-refractivity contribution in [2.45, 2.75) is 9.79 Å². The van der Waals surface area contributed by atoms with E-state index in [1.807, 2.05) is 0 Å². The first-order valence-electron chi connectivity index (χ1n) is 11.6. The Labute approximate surface area is 340 Å². The summed E-state index contributed by atoms with van der Waals surface area (Å²) in [5.41, 5.74) is -2.03. The first-order valence-corrected chi connectivity index (χ1v) is 14.4. The molecular formula is C25H18K2N4O12S2. The molecule has 3 aromatic rings. The normalized spacial score (nSPS) is 14.1. The third-order valence-corrected chi connectivity index (χ3v) is 7.55. The molecule has 4 rings (SSSR count). The number of carbonyl (C=O) groups is 3. The van der Waals surface area contributed by atoms with Crippen molar-refractivity contribution >= 4 is 55.6 Å². The van der Waals surface area contributed by atoms with Crippen LogP contribution in [-0.2, 0) is 39.3 Å². The van der Waals surface area contributed by atoms with Gasteiger partial charge in [0.25, 0.3) is 11.5 Å². The van der Waals surface area contributed by atoms with Gasteiger partial charge in [0.2, 0.25) is 0 Å². The molecule has 16 nitrogen and oxygen atoms in total. The maximum Gasteiger partial charge on any atom is 1.00 e. The van der Waals surface area contributed by atoms with Gasteiger partial charge in [0.15, 0.2) is 11.4 Å². The number of benzene rings is 2. The van der Waals surface area contributed by atoms with Crippen molar-refractivity contribution in [2.24, 2.45) is 5.10 Å². The summed E-state index contributed by atoms with van der Waals surface area (Å²) in [6.45, 7) is 0. The van der Waals surface area contributed by atoms with E-state index in [0.717, 1.165) is 90.7 Å². The molecule has 0 unspecified atom stereocenters. The van der Waals surface area contributed by atoms with Gasteiger partial charge >= 0.3 is 115 Å². The molecule has 2 aromatic carbocycles. The van der Waals surface area contributed by atoms with Gasteiger partial charge in [-0.1, -0.05) is 6.08 Å². The molecule has 45 heavy (non-hydrogen) atoms. The minimum atomic E-state index is -4.76. The number of aromatic amines is 1. The number of H-pyrrole nitrogens is 1. The number of methoxy groups -OCH3 is 2. The molecule has 0 fully saturated rings. The standard InChI is InChI=1S/C25H20N4O12S2.2K/c1-40-24(32)20-18(22(30)28(26-20)14-6-10-16(11-7-14)42(34,35)36)4-3-5-19-21(25(33)41-2)27-29(23(19)31)15-8-12-17(13-9-15)43(37,38)39;;/h3-13,26H,1-2H3,(H,34,35,36)(H,37,38,39);;/q;2*+1/p-2. The molecule has 1 aliphatic heterocycles. The van der Waals surface area contributed by atoms with E-state index in [-0.39, 0.29) is 131 Å². The van der Waals surface area contributed by atoms with Crippen molar-refractivity contribution in [3.05, 3.63) is 87.9 Å². The molecular weight excluding hydrogens is 691 g/mol. The number of hydrogen-bond donors (Lipinski definition) is 1. The van der Waals surface area contributed by atoms with Crippen LogP contribution in [0.15, 0.2) is 85.9 Å². The van der Waals surface area contributed by atoms with Crippen molar-refractivity contribution < 1.29 is 153 Å². The molecule has 224 valence electrons. The van der Waals surface area contributed by atoms with Gasteiger partial charge in [0.1, 0.15) is 20.2 Å². The Bertz CT molecular complexity index is 2010. The maximum absolute atomic E-state index is 13.2. The number of anilines is 1. The molecule has 1 N–H and O–H groups in total. The summed E-state index contributed by atoms with van der Waals surface area (Å²) < 4.78 is 77.5. The third-order valence-electron chi connectivity index (χ3n) is 5.85. The fourth-order valence-electron chi connectivity index (χ4n) is 3.79. The number of carbonyl (C=O) groups excluding carboxylic acids is 3. The summed E-state index contributed by atoms with van der Waals surface area (Å²) in [5, 5.41) is 7.24. The Morgan fingerprint density at radius 2 is 1.31 bits per heavy atom. The summed E-state index contributed by atoms with van der Waals surface area (Å²) in [4.78, 5) is 50.0. The van der Waals surface area contributed by atoms with Crippen molar-refractivity contribution in [3.8, 4) is 5.69 Å². The number of hydrogen-bond acceptors (Lipinski definition) is 13. The average Bonchev–Trinajstić information content (AvgIpc) is 3.47. The molecule has 1 aliphatic rings. The Kier molecular flexibility index (Phi) is 13.8. The van der Waals surface area contributed by atoms with Crippen molar-refractivity contribution in [2.75, 3.05) is 19.2 Å². The van der Waals surface area contributed by atoms with E-state index >= 15 is 0 Å². The number of hydrazone groups is 1. The van der Waals surface area contributed by atoms with Crippen LogP contribution in [0.3, 0.4) is 0 Å². The Balaban J connectivity index is 0.00000353. The monoisotopic (exact) mass is 708 g/mol. The van der Waals surface area contributed by atoms with Gasteiger partial charge in [-0.15, -0.1) is 0 Å². The van der Waals surface area contributed by atoms with Crippen LogP contribution in [0.4, 0.5) is 5.69 Å². The second kappa shape index (κ2) is 15.8.